The van der Waals surface area contributed by atoms with Crippen molar-refractivity contribution >= 4 is 11.5 Å². The van der Waals surface area contributed by atoms with Gasteiger partial charge in [-0.05, 0) is 6.92 Å². The molecule has 0 saturated heterocycles. The summed E-state index contributed by atoms with van der Waals surface area (Å²) < 4.78 is 0. The van der Waals surface area contributed by atoms with Crippen molar-refractivity contribution in [3.63, 3.8) is 0 Å². The van der Waals surface area contributed by atoms with Crippen molar-refractivity contribution in [1.82, 2.24) is 0 Å². The normalized spacial score (nSPS) is 27.1. The highest BCUT2D eigenvalue weighted by molar-refractivity contribution is 6.39. The number of Topliss-reactive ketones (excluding diaryl/α,β-unsaturated/α-hetero) is 1. The Kier molecular flexibility index (Phi) is 1.51. The second kappa shape index (κ2) is 2.17. The zero-order valence-electron chi connectivity index (χ0n) is 5.55. The van der Waals surface area contributed by atoms with E-state index in [1.54, 1.807) is 6.92 Å². The predicted octanol–water partition coefficient (Wildman–Crippen LogP) is 0.598. The fraction of sp³-hybridized carbons (Fsp3) is 0.667. The number of rotatable bonds is 0. The molecule has 50 valence electrons. The van der Waals surface area contributed by atoms with Crippen molar-refractivity contribution in [3.8, 4) is 0 Å². The largest absolute Gasteiger partial charge is 0.395 e. The predicted molar refractivity (Wildman–Crippen MR) is 33.2 cm³/mol. The van der Waals surface area contributed by atoms with Gasteiger partial charge < -0.3 is 4.84 Å². The number of carbonyl (C=O) groups excluding carboxylic acids is 1. The lowest BCUT2D eigenvalue weighted by Gasteiger charge is -2.13. The standard InChI is InChI=1S/C6H9NO2/c1-4-3-9-7-5(2)6(4)8/h4H,3H2,1-2H3. The van der Waals surface area contributed by atoms with Gasteiger partial charge in [0.25, 0.3) is 0 Å². The molecule has 0 amide bonds. The Labute approximate surface area is 53.7 Å². The van der Waals surface area contributed by atoms with Crippen molar-refractivity contribution in [2.24, 2.45) is 11.1 Å². The molecule has 1 rings (SSSR count). The van der Waals surface area contributed by atoms with Crippen LogP contribution in [0, 0.1) is 5.92 Å². The van der Waals surface area contributed by atoms with Gasteiger partial charge in [-0.1, -0.05) is 12.1 Å². The minimum atomic E-state index is -0.0116. The number of nitrogens with zero attached hydrogens (tertiary/aromatic N) is 1. The molecule has 0 aromatic heterocycles. The van der Waals surface area contributed by atoms with Gasteiger partial charge >= 0.3 is 0 Å². The Morgan fingerprint density at radius 3 is 2.89 bits per heavy atom. The second-order valence-corrected chi connectivity index (χ2v) is 2.24. The van der Waals surface area contributed by atoms with Gasteiger partial charge in [0.15, 0.2) is 5.78 Å². The Morgan fingerprint density at radius 2 is 2.44 bits per heavy atom. The third-order valence-electron chi connectivity index (χ3n) is 1.33. The third-order valence-corrected chi connectivity index (χ3v) is 1.33. The summed E-state index contributed by atoms with van der Waals surface area (Å²) in [4.78, 5) is 15.6. The monoisotopic (exact) mass is 127 g/mol. The highest BCUT2D eigenvalue weighted by atomic mass is 16.6. The molecule has 0 radical (unpaired) electrons. The van der Waals surface area contributed by atoms with Crippen LogP contribution in [0.25, 0.3) is 0 Å². The minimum absolute atomic E-state index is 0.0116. The maximum Gasteiger partial charge on any atom is 0.186 e. The van der Waals surface area contributed by atoms with Crippen LogP contribution in [0.1, 0.15) is 13.8 Å². The first-order chi connectivity index (χ1) is 4.22. The van der Waals surface area contributed by atoms with Crippen LogP contribution in [-0.4, -0.2) is 18.1 Å². The van der Waals surface area contributed by atoms with E-state index in [4.69, 9.17) is 4.84 Å². The zero-order valence-corrected chi connectivity index (χ0v) is 5.55. The molecule has 0 bridgehead atoms. The maximum absolute atomic E-state index is 10.9. The molecule has 3 heteroatoms. The average Bonchev–Trinajstić information content (AvgIpc) is 1.83. The number of hydrogen-bond acceptors (Lipinski definition) is 3. The molecule has 1 atom stereocenters. The summed E-state index contributed by atoms with van der Waals surface area (Å²) in [5.74, 6) is 0.0868. The Hall–Kier alpha value is -0.860. The Bertz CT molecular complexity index is 162. The molecule has 1 aliphatic heterocycles. The third kappa shape index (κ3) is 1.09. The van der Waals surface area contributed by atoms with Crippen LogP contribution in [-0.2, 0) is 9.63 Å². The van der Waals surface area contributed by atoms with Gasteiger partial charge in [-0.3, -0.25) is 4.79 Å². The number of carbonyl (C=O) groups is 1. The molecular formula is C6H9NO2. The van der Waals surface area contributed by atoms with Crippen molar-refractivity contribution in [1.29, 1.82) is 0 Å². The van der Waals surface area contributed by atoms with E-state index in [0.717, 1.165) is 0 Å². The first-order valence-electron chi connectivity index (χ1n) is 2.92. The molecule has 0 spiro atoms. The van der Waals surface area contributed by atoms with Crippen LogP contribution in [0.15, 0.2) is 5.16 Å². The average molecular weight is 127 g/mol. The summed E-state index contributed by atoms with van der Waals surface area (Å²) in [5.41, 5.74) is 0.480. The molecule has 1 heterocycles. The van der Waals surface area contributed by atoms with Gasteiger partial charge in [0.2, 0.25) is 0 Å². The van der Waals surface area contributed by atoms with E-state index in [9.17, 15) is 4.79 Å². The van der Waals surface area contributed by atoms with Crippen molar-refractivity contribution in [2.45, 2.75) is 13.8 Å². The van der Waals surface area contributed by atoms with E-state index in [0.29, 0.717) is 12.3 Å². The SMILES string of the molecule is CC1=NOCC(C)C1=O. The van der Waals surface area contributed by atoms with Gasteiger partial charge in [0.05, 0.1) is 5.92 Å². The van der Waals surface area contributed by atoms with Gasteiger partial charge in [-0.25, -0.2) is 0 Å². The number of ketones is 1. The zero-order chi connectivity index (χ0) is 6.85. The van der Waals surface area contributed by atoms with Crippen LogP contribution >= 0.6 is 0 Å². The first kappa shape index (κ1) is 6.26. The van der Waals surface area contributed by atoms with Crippen LogP contribution < -0.4 is 0 Å². The summed E-state index contributed by atoms with van der Waals surface area (Å²) in [6.45, 7) is 3.93. The molecule has 0 aliphatic carbocycles. The van der Waals surface area contributed by atoms with E-state index in [2.05, 4.69) is 5.16 Å². The van der Waals surface area contributed by atoms with E-state index >= 15 is 0 Å². The first-order valence-corrected chi connectivity index (χ1v) is 2.92. The summed E-state index contributed by atoms with van der Waals surface area (Å²) >= 11 is 0. The summed E-state index contributed by atoms with van der Waals surface area (Å²) in [5, 5.41) is 3.53. The topological polar surface area (TPSA) is 38.7 Å². The van der Waals surface area contributed by atoms with E-state index in [1.807, 2.05) is 6.92 Å². The Balaban J connectivity index is 2.74. The molecule has 0 aromatic rings. The molecule has 1 aliphatic rings. The van der Waals surface area contributed by atoms with Crippen LogP contribution in [0.4, 0.5) is 0 Å². The van der Waals surface area contributed by atoms with Gasteiger partial charge in [0, 0.05) is 0 Å². The molecule has 0 fully saturated rings. The lowest BCUT2D eigenvalue weighted by molar-refractivity contribution is -0.119. The molecule has 0 N–H and O–H groups in total. The molecule has 1 unspecified atom stereocenters. The highest BCUT2D eigenvalue weighted by Gasteiger charge is 2.20. The lowest BCUT2D eigenvalue weighted by atomic mass is 10.0. The second-order valence-electron chi connectivity index (χ2n) is 2.24. The highest BCUT2D eigenvalue weighted by Crippen LogP contribution is 2.05. The summed E-state index contributed by atoms with van der Waals surface area (Å²) in [7, 11) is 0. The fourth-order valence-corrected chi connectivity index (χ4v) is 0.723. The molecule has 3 nitrogen and oxygen atoms in total. The minimum Gasteiger partial charge on any atom is -0.395 e. The molecular weight excluding hydrogens is 118 g/mol. The quantitative estimate of drug-likeness (QED) is 0.478. The molecule has 0 saturated carbocycles. The van der Waals surface area contributed by atoms with E-state index in [1.165, 1.54) is 0 Å². The molecule has 9 heavy (non-hydrogen) atoms. The summed E-state index contributed by atoms with van der Waals surface area (Å²) in [6, 6.07) is 0. The number of hydrogen-bond donors (Lipinski definition) is 0. The van der Waals surface area contributed by atoms with Gasteiger partial charge in [-0.15, -0.1) is 0 Å². The number of oxime groups is 1. The van der Waals surface area contributed by atoms with Crippen LogP contribution in [0.3, 0.4) is 0 Å². The maximum atomic E-state index is 10.9. The van der Waals surface area contributed by atoms with Crippen molar-refractivity contribution < 1.29 is 9.63 Å². The van der Waals surface area contributed by atoms with Crippen molar-refractivity contribution in [3.05, 3.63) is 0 Å². The van der Waals surface area contributed by atoms with E-state index < -0.39 is 0 Å². The van der Waals surface area contributed by atoms with Crippen molar-refractivity contribution in [2.75, 3.05) is 6.61 Å². The Morgan fingerprint density at radius 1 is 1.78 bits per heavy atom. The smallest absolute Gasteiger partial charge is 0.186 e. The molecule has 0 aromatic carbocycles. The van der Waals surface area contributed by atoms with Crippen LogP contribution in [0.5, 0.6) is 0 Å². The lowest BCUT2D eigenvalue weighted by Crippen LogP contribution is -2.27. The summed E-state index contributed by atoms with van der Waals surface area (Å²) in [6.07, 6.45) is 0. The van der Waals surface area contributed by atoms with E-state index in [-0.39, 0.29) is 11.7 Å². The van der Waals surface area contributed by atoms with Gasteiger partial charge in [-0.2, -0.15) is 0 Å². The fourth-order valence-electron chi connectivity index (χ4n) is 0.723. The van der Waals surface area contributed by atoms with Gasteiger partial charge in [0.1, 0.15) is 12.3 Å². The van der Waals surface area contributed by atoms with Crippen LogP contribution in [0.2, 0.25) is 0 Å².